The molecule has 4 N–H and O–H groups in total. The van der Waals surface area contributed by atoms with Gasteiger partial charge in [0.05, 0.1) is 11.4 Å². The first-order valence-electron chi connectivity index (χ1n) is 5.17. The molecule has 1 heterocycles. The van der Waals surface area contributed by atoms with Gasteiger partial charge in [-0.2, -0.15) is 0 Å². The minimum atomic E-state index is -0.0255. The van der Waals surface area contributed by atoms with E-state index in [0.29, 0.717) is 29.7 Å². The molecular formula is C10H13N5O2. The van der Waals surface area contributed by atoms with Crippen LogP contribution in [0.2, 0.25) is 0 Å². The molecule has 0 bridgehead atoms. The first-order chi connectivity index (χ1) is 8.22. The second-order valence-electron chi connectivity index (χ2n) is 3.51. The standard InChI is InChI=1S/C10H13N5O2/c1-12-8(16)4-5-13-7-3-2-6(11)9-10(7)15-17-14-9/h2-3,13H,4-5,11H2,1H3,(H,12,16). The molecule has 1 aromatic heterocycles. The maximum Gasteiger partial charge on any atom is 0.221 e. The molecule has 0 aliphatic carbocycles. The van der Waals surface area contributed by atoms with E-state index in [1.807, 2.05) is 0 Å². The first-order valence-corrected chi connectivity index (χ1v) is 5.17. The van der Waals surface area contributed by atoms with Crippen molar-refractivity contribution in [1.29, 1.82) is 0 Å². The van der Waals surface area contributed by atoms with Crippen LogP contribution in [0.4, 0.5) is 11.4 Å². The molecule has 0 saturated carbocycles. The van der Waals surface area contributed by atoms with Crippen molar-refractivity contribution < 1.29 is 9.42 Å². The number of carbonyl (C=O) groups is 1. The highest BCUT2D eigenvalue weighted by molar-refractivity contribution is 5.95. The number of carbonyl (C=O) groups excluding carboxylic acids is 1. The highest BCUT2D eigenvalue weighted by atomic mass is 16.6. The van der Waals surface area contributed by atoms with Gasteiger partial charge in [-0.25, -0.2) is 4.63 Å². The fraction of sp³-hybridized carbons (Fsp3) is 0.300. The normalized spacial score (nSPS) is 10.4. The molecule has 0 unspecified atom stereocenters. The molecule has 7 heteroatoms. The van der Waals surface area contributed by atoms with Gasteiger partial charge in [0.25, 0.3) is 0 Å². The molecule has 2 rings (SSSR count). The Hall–Kier alpha value is -2.31. The van der Waals surface area contributed by atoms with Crippen LogP contribution in [0.25, 0.3) is 11.0 Å². The number of hydrogen-bond donors (Lipinski definition) is 3. The summed E-state index contributed by atoms with van der Waals surface area (Å²) in [5.41, 5.74) is 8.07. The topological polar surface area (TPSA) is 106 Å². The van der Waals surface area contributed by atoms with Gasteiger partial charge in [-0.15, -0.1) is 0 Å². The summed E-state index contributed by atoms with van der Waals surface area (Å²) in [4.78, 5) is 11.1. The minimum Gasteiger partial charge on any atom is -0.397 e. The predicted octanol–water partition coefficient (Wildman–Crippen LogP) is 0.353. The molecule has 0 saturated heterocycles. The minimum absolute atomic E-state index is 0.0255. The molecule has 0 atom stereocenters. The van der Waals surface area contributed by atoms with Gasteiger partial charge in [0.15, 0.2) is 11.0 Å². The lowest BCUT2D eigenvalue weighted by Gasteiger charge is -2.06. The largest absolute Gasteiger partial charge is 0.397 e. The Labute approximate surface area is 97.3 Å². The molecule has 0 aliphatic heterocycles. The van der Waals surface area contributed by atoms with E-state index >= 15 is 0 Å². The first kappa shape index (κ1) is 11.2. The quantitative estimate of drug-likeness (QED) is 0.660. The number of rotatable bonds is 4. The number of nitrogens with one attached hydrogen (secondary N) is 2. The summed E-state index contributed by atoms with van der Waals surface area (Å²) in [6, 6.07) is 3.50. The molecule has 0 aliphatic rings. The van der Waals surface area contributed by atoms with Crippen molar-refractivity contribution in [2.45, 2.75) is 6.42 Å². The number of nitrogens with zero attached hydrogens (tertiary/aromatic N) is 2. The molecule has 7 nitrogen and oxygen atoms in total. The average Bonchev–Trinajstić information content (AvgIpc) is 2.82. The number of fused-ring (bicyclic) bond motifs is 1. The van der Waals surface area contributed by atoms with E-state index < -0.39 is 0 Å². The van der Waals surface area contributed by atoms with Crippen molar-refractivity contribution in [3.63, 3.8) is 0 Å². The molecule has 0 spiro atoms. The third kappa shape index (κ3) is 2.27. The van der Waals surface area contributed by atoms with E-state index in [2.05, 4.69) is 25.6 Å². The van der Waals surface area contributed by atoms with Gasteiger partial charge < -0.3 is 16.4 Å². The van der Waals surface area contributed by atoms with Crippen LogP contribution >= 0.6 is 0 Å². The number of benzene rings is 1. The van der Waals surface area contributed by atoms with Gasteiger partial charge in [-0.3, -0.25) is 4.79 Å². The van der Waals surface area contributed by atoms with E-state index in [9.17, 15) is 4.79 Å². The monoisotopic (exact) mass is 235 g/mol. The number of nitrogens with two attached hydrogens (primary N) is 1. The second-order valence-corrected chi connectivity index (χ2v) is 3.51. The van der Waals surface area contributed by atoms with E-state index in [4.69, 9.17) is 5.73 Å². The van der Waals surface area contributed by atoms with E-state index in [1.54, 1.807) is 19.2 Å². The molecule has 1 aromatic carbocycles. The van der Waals surface area contributed by atoms with Crippen molar-refractivity contribution in [3.05, 3.63) is 12.1 Å². The maximum absolute atomic E-state index is 11.1. The number of hydrogen-bond acceptors (Lipinski definition) is 6. The van der Waals surface area contributed by atoms with Gasteiger partial charge in [-0.05, 0) is 22.4 Å². The van der Waals surface area contributed by atoms with Crippen molar-refractivity contribution in [2.75, 3.05) is 24.6 Å². The Bertz CT molecular complexity index is 536. The van der Waals surface area contributed by atoms with Gasteiger partial charge in [0, 0.05) is 20.0 Å². The van der Waals surface area contributed by atoms with E-state index in [-0.39, 0.29) is 5.91 Å². The smallest absolute Gasteiger partial charge is 0.221 e. The van der Waals surface area contributed by atoms with Crippen LogP contribution in [-0.4, -0.2) is 29.8 Å². The van der Waals surface area contributed by atoms with Gasteiger partial charge in [-0.1, -0.05) is 0 Å². The van der Waals surface area contributed by atoms with Crippen LogP contribution < -0.4 is 16.4 Å². The summed E-state index contributed by atoms with van der Waals surface area (Å²) >= 11 is 0. The summed E-state index contributed by atoms with van der Waals surface area (Å²) in [5.74, 6) is -0.0255. The summed E-state index contributed by atoms with van der Waals surface area (Å²) in [7, 11) is 1.60. The van der Waals surface area contributed by atoms with Crippen molar-refractivity contribution in [2.24, 2.45) is 0 Å². The van der Waals surface area contributed by atoms with Gasteiger partial charge in [0.2, 0.25) is 5.91 Å². The molecule has 90 valence electrons. The van der Waals surface area contributed by atoms with Crippen molar-refractivity contribution >= 4 is 28.3 Å². The van der Waals surface area contributed by atoms with Crippen LogP contribution in [0.1, 0.15) is 6.42 Å². The van der Waals surface area contributed by atoms with Gasteiger partial charge in [0.1, 0.15) is 0 Å². The van der Waals surface area contributed by atoms with Crippen LogP contribution in [0.3, 0.4) is 0 Å². The van der Waals surface area contributed by atoms with E-state index in [0.717, 1.165) is 5.69 Å². The second kappa shape index (κ2) is 4.69. The lowest BCUT2D eigenvalue weighted by molar-refractivity contribution is -0.120. The molecule has 2 aromatic rings. The highest BCUT2D eigenvalue weighted by Gasteiger charge is 2.09. The number of nitrogen functional groups attached to an aromatic ring is 1. The molecule has 17 heavy (non-hydrogen) atoms. The van der Waals surface area contributed by atoms with Crippen LogP contribution in [-0.2, 0) is 4.79 Å². The Morgan fingerprint density at radius 3 is 2.94 bits per heavy atom. The molecule has 1 amide bonds. The Morgan fingerprint density at radius 1 is 1.41 bits per heavy atom. The lowest BCUT2D eigenvalue weighted by atomic mass is 10.2. The lowest BCUT2D eigenvalue weighted by Crippen LogP contribution is -2.20. The van der Waals surface area contributed by atoms with Crippen LogP contribution in [0, 0.1) is 0 Å². The highest BCUT2D eigenvalue weighted by Crippen LogP contribution is 2.24. The number of anilines is 2. The zero-order chi connectivity index (χ0) is 12.3. The Balaban J connectivity index is 2.11. The third-order valence-corrected chi connectivity index (χ3v) is 2.39. The van der Waals surface area contributed by atoms with Gasteiger partial charge >= 0.3 is 0 Å². The van der Waals surface area contributed by atoms with E-state index in [1.165, 1.54) is 0 Å². The fourth-order valence-corrected chi connectivity index (χ4v) is 1.46. The van der Waals surface area contributed by atoms with Crippen LogP contribution in [0.5, 0.6) is 0 Å². The Morgan fingerprint density at radius 2 is 2.18 bits per heavy atom. The SMILES string of the molecule is CNC(=O)CCNc1ccc(N)c2nonc12. The van der Waals surface area contributed by atoms with Crippen molar-refractivity contribution in [1.82, 2.24) is 15.6 Å². The number of aromatic nitrogens is 2. The third-order valence-electron chi connectivity index (χ3n) is 2.39. The van der Waals surface area contributed by atoms with Crippen molar-refractivity contribution in [3.8, 4) is 0 Å². The summed E-state index contributed by atoms with van der Waals surface area (Å²) in [6.07, 6.45) is 0.383. The number of amides is 1. The average molecular weight is 235 g/mol. The van der Waals surface area contributed by atoms with Crippen LogP contribution in [0.15, 0.2) is 16.8 Å². The molecular weight excluding hydrogens is 222 g/mol. The summed E-state index contributed by atoms with van der Waals surface area (Å²) in [5, 5.41) is 13.1. The Kier molecular flexibility index (Phi) is 3.08. The molecule has 0 radical (unpaired) electrons. The molecule has 0 fully saturated rings. The predicted molar refractivity (Wildman–Crippen MR) is 63.4 cm³/mol. The summed E-state index contributed by atoms with van der Waals surface area (Å²) in [6.45, 7) is 0.506. The fourth-order valence-electron chi connectivity index (χ4n) is 1.46. The zero-order valence-electron chi connectivity index (χ0n) is 9.36. The summed E-state index contributed by atoms with van der Waals surface area (Å²) < 4.78 is 4.64. The zero-order valence-corrected chi connectivity index (χ0v) is 9.36. The maximum atomic E-state index is 11.1.